The molecule has 652 valence electrons. The molecule has 0 bridgehead atoms. The van der Waals surface area contributed by atoms with E-state index < -0.39 is 132 Å². The van der Waals surface area contributed by atoms with Crippen LogP contribution in [-0.2, 0) is 107 Å². The van der Waals surface area contributed by atoms with Crippen LogP contribution in [0.2, 0.25) is 0 Å². The number of thioether (sulfide) groups is 1. The van der Waals surface area contributed by atoms with Crippen molar-refractivity contribution < 1.29 is 105 Å². The fraction of sp³-hybridized carbons (Fsp3) is 0.598. The number of hydrogen-bond acceptors (Lipinski definition) is 24. The molecule has 0 fully saturated rings. The molecular weight excluding hydrogens is 1570 g/mol. The van der Waals surface area contributed by atoms with Gasteiger partial charge in [-0.05, 0) is 168 Å². The van der Waals surface area contributed by atoms with Crippen LogP contribution in [0.5, 0.6) is 0 Å². The minimum absolute atomic E-state index is 0.00524. The van der Waals surface area contributed by atoms with Crippen LogP contribution < -0.4 is 64.9 Å². The Hall–Kier alpha value is -9.73. The highest BCUT2D eigenvalue weighted by Gasteiger charge is 2.43. The summed E-state index contributed by atoms with van der Waals surface area (Å²) in [6.45, 7) is 7.45. The molecule has 5 aliphatic rings. The van der Waals surface area contributed by atoms with Crippen LogP contribution in [0.1, 0.15) is 182 Å². The highest BCUT2D eigenvalue weighted by atomic mass is 32.2. The number of alkyl carbamates (subject to hydrolysis) is 1. The third-order valence-corrected chi connectivity index (χ3v) is 22.7. The van der Waals surface area contributed by atoms with Crippen LogP contribution in [0.4, 0.5) is 19.7 Å². The second-order valence-electron chi connectivity index (χ2n) is 30.3. The largest absolute Gasteiger partial charge is 0.481 e. The van der Waals surface area contributed by atoms with Gasteiger partial charge in [0.1, 0.15) is 63.1 Å². The third kappa shape index (κ3) is 27.4. The molecule has 0 spiro atoms. The summed E-state index contributed by atoms with van der Waals surface area (Å²) in [5.74, 6) is -7.55. The number of benzene rings is 2. The molecule has 4 aromatic rings. The van der Waals surface area contributed by atoms with Crippen LogP contribution >= 0.6 is 11.8 Å². The van der Waals surface area contributed by atoms with Gasteiger partial charge in [0.15, 0.2) is 0 Å². The molecule has 119 heavy (non-hydrogen) atoms. The molecule has 10 amide bonds. The molecule has 4 heterocycles. The minimum Gasteiger partial charge on any atom is -0.481 e. The number of primary amides is 1. The van der Waals surface area contributed by atoms with E-state index >= 15 is 4.39 Å². The molecule has 0 saturated heterocycles. The number of pyridine rings is 2. The lowest BCUT2D eigenvalue weighted by Gasteiger charge is -2.29. The molecule has 0 saturated carbocycles. The number of rotatable bonds is 47. The minimum atomic E-state index is -1.94. The van der Waals surface area contributed by atoms with Gasteiger partial charge in [-0.2, -0.15) is 0 Å². The summed E-state index contributed by atoms with van der Waals surface area (Å²) < 4.78 is 61.9. The lowest BCUT2D eigenvalue weighted by Crippen LogP contribution is -2.58. The van der Waals surface area contributed by atoms with E-state index in [0.29, 0.717) is 108 Å². The predicted molar refractivity (Wildman–Crippen MR) is 433 cm³/mol. The number of fused-ring (bicyclic) bond motifs is 5. The number of carboxylic acids is 1. The highest BCUT2D eigenvalue weighted by Crippen LogP contribution is 2.47. The smallest absolute Gasteiger partial charge is 0.408 e. The van der Waals surface area contributed by atoms with Crippen LogP contribution in [0.25, 0.3) is 22.3 Å². The number of allylic oxidation sites excluding steroid dienone is 1. The Morgan fingerprint density at radius 1 is 0.697 bits per heavy atom. The number of amides is 10. The summed E-state index contributed by atoms with van der Waals surface area (Å²) in [6.07, 6.45) is 10.3. The summed E-state index contributed by atoms with van der Waals surface area (Å²) in [4.78, 5) is 162. The van der Waals surface area contributed by atoms with E-state index in [1.54, 1.807) is 51.5 Å². The molecule has 9 rings (SSSR count). The molecule has 1 unspecified atom stereocenters. The SMILES string of the molecule is CC[C@]1(O)Sc2cc3n(c(=O)c2COC1=O)Cc1c-3nc2cc(F)c(C)c3c2c1[C@@H](NC(=O)COCNC(=O)[C@H](CCCCN)NC(=O)OCc1ccc(NC(=O)[C@H](CCCNC(N)=O)NC(=O)[C@@H](NC(=O)[C@H](CCC(=O)O)NC(=O)CCOCCOCCOCCOCCNC(=O)COC2CCCCCC4=C2CCCC4)C(C)C)cc1)CC3. The number of unbranched alkanes of at least 4 members (excludes halogenated alkanes) is 1. The van der Waals surface area contributed by atoms with Gasteiger partial charge in [-0.15, -0.1) is 0 Å². The van der Waals surface area contributed by atoms with E-state index in [2.05, 4.69) is 47.9 Å². The van der Waals surface area contributed by atoms with Gasteiger partial charge < -0.3 is 112 Å². The van der Waals surface area contributed by atoms with Crippen molar-refractivity contribution in [3.8, 4) is 11.4 Å². The van der Waals surface area contributed by atoms with E-state index in [0.717, 1.165) is 49.4 Å². The maximum atomic E-state index is 15.6. The van der Waals surface area contributed by atoms with Gasteiger partial charge in [0.25, 0.3) is 5.56 Å². The van der Waals surface area contributed by atoms with Gasteiger partial charge in [0, 0.05) is 53.5 Å². The van der Waals surface area contributed by atoms with E-state index in [1.807, 2.05) is 0 Å². The van der Waals surface area contributed by atoms with Crippen LogP contribution in [0.3, 0.4) is 0 Å². The average Bonchev–Trinajstić information content (AvgIpc) is 1.60. The first-order chi connectivity index (χ1) is 57.2. The van der Waals surface area contributed by atoms with Crippen LogP contribution in [0, 0.1) is 18.7 Å². The number of ether oxygens (including phenoxy) is 8. The molecule has 3 aliphatic carbocycles. The summed E-state index contributed by atoms with van der Waals surface area (Å²) in [6, 6.07) is 2.54. The van der Waals surface area contributed by atoms with Crippen molar-refractivity contribution in [2.45, 2.75) is 222 Å². The number of anilines is 1. The number of nitrogens with one attached hydrogen (secondary N) is 9. The molecule has 35 nitrogen and oxygen atoms in total. The van der Waals surface area contributed by atoms with Gasteiger partial charge in [0.05, 0.1) is 94.0 Å². The number of aliphatic carboxylic acids is 1. The van der Waals surface area contributed by atoms with E-state index in [-0.39, 0.29) is 128 Å². The Morgan fingerprint density at radius 3 is 2.09 bits per heavy atom. The van der Waals surface area contributed by atoms with Crippen molar-refractivity contribution in [1.82, 2.24) is 52.1 Å². The summed E-state index contributed by atoms with van der Waals surface area (Å²) in [5.41, 5.74) is 17.9. The number of esters is 1. The van der Waals surface area contributed by atoms with Gasteiger partial charge in [-0.3, -0.25) is 43.2 Å². The van der Waals surface area contributed by atoms with Crippen molar-refractivity contribution in [2.75, 3.05) is 97.8 Å². The number of halogens is 1. The number of hydrogen-bond donors (Lipinski definition) is 13. The number of cyclic esters (lactones) is 1. The van der Waals surface area contributed by atoms with Gasteiger partial charge >= 0.3 is 24.1 Å². The molecule has 0 radical (unpaired) electrons. The van der Waals surface area contributed by atoms with E-state index in [9.17, 15) is 67.7 Å². The Kier molecular flexibility index (Phi) is 36.6. The second-order valence-corrected chi connectivity index (χ2v) is 31.6. The Bertz CT molecular complexity index is 4340. The molecule has 2 aromatic carbocycles. The number of aryl methyl sites for hydroxylation is 1. The van der Waals surface area contributed by atoms with E-state index in [1.165, 1.54) is 54.0 Å². The lowest BCUT2D eigenvalue weighted by atomic mass is 9.81. The maximum Gasteiger partial charge on any atom is 0.408 e. The van der Waals surface area contributed by atoms with E-state index in [4.69, 9.17) is 54.3 Å². The number of carbonyl (C=O) groups is 11. The average molecular weight is 1680 g/mol. The predicted octanol–water partition coefficient (Wildman–Crippen LogP) is 4.89. The third-order valence-electron chi connectivity index (χ3n) is 21.4. The first-order valence-electron chi connectivity index (χ1n) is 41.0. The van der Waals surface area contributed by atoms with Crippen molar-refractivity contribution in [3.63, 3.8) is 0 Å². The molecule has 7 atom stereocenters. The summed E-state index contributed by atoms with van der Waals surface area (Å²) in [7, 11) is 0. The standard InChI is InChI=1S/C82H114FN13O22S/c1-5-82(110)79(107)117-44-56-65(119-82)41-63-73-55(42-96(63)78(56)106)71-58(25-24-53-49(4)57(83)40-62(92-73)70(53)71)90-68(99)45-115-47-88-74(102)59(17-11-12-29-84)94-81(109)118-43-50-20-22-52(23-21-50)89-75(103)60(18-13-30-87-80(85)108)93-77(105)72(48(2)3)95-76(104)61(26-27-69(100)101)91-66(97)28-32-111-34-36-113-38-39-114-37-35-112-33-31-86-67(98)46-116-64-19-8-6-7-14-51-15-9-10-16-54(51)64/h20-23,40-41,48,58-61,64,72,110H,5-19,24-39,42-47,84H2,1-4H3,(H,86,98)(H,88,102)(H,89,103)(H,90,99)(H,91,97)(H,93,105)(H,94,109)(H,95,104)(H,100,101)(H3,85,87,108)/t58-,59-,60-,61-,64?,72-,82-/m0/s1. The van der Waals surface area contributed by atoms with Gasteiger partial charge in [-0.25, -0.2) is 23.8 Å². The molecular formula is C82H114FN13O22S. The number of aliphatic hydroxyl groups is 1. The Labute approximate surface area is 693 Å². The van der Waals surface area contributed by atoms with Crippen LogP contribution in [-0.4, -0.2) is 213 Å². The summed E-state index contributed by atoms with van der Waals surface area (Å²) >= 11 is 0.821. The molecule has 2 aliphatic heterocycles. The Morgan fingerprint density at radius 2 is 1.39 bits per heavy atom. The number of carboxylic acid groups (broad SMARTS) is 1. The first kappa shape index (κ1) is 93.1. The normalized spacial score (nSPS) is 17.7. The Balaban J connectivity index is 0.681. The zero-order valence-electron chi connectivity index (χ0n) is 68.1. The van der Waals surface area contributed by atoms with Crippen molar-refractivity contribution in [2.24, 2.45) is 17.4 Å². The molecule has 15 N–H and O–H groups in total. The zero-order chi connectivity index (χ0) is 85.5. The van der Waals surface area contributed by atoms with Crippen molar-refractivity contribution >= 4 is 93.8 Å². The molecule has 37 heteroatoms. The zero-order valence-corrected chi connectivity index (χ0v) is 68.9. The number of aromatic nitrogens is 2. The quantitative estimate of drug-likeness (QED) is 0.0107. The monoisotopic (exact) mass is 1680 g/mol. The fourth-order valence-corrected chi connectivity index (χ4v) is 16.0. The fourth-order valence-electron chi connectivity index (χ4n) is 14.9. The second kappa shape index (κ2) is 46.7. The number of carbonyl (C=O) groups excluding carboxylic acids is 10. The van der Waals surface area contributed by atoms with Crippen molar-refractivity contribution in [3.05, 3.63) is 97.1 Å². The molecule has 2 aromatic heterocycles. The summed E-state index contributed by atoms with van der Waals surface area (Å²) in [5, 5.41) is 45.4. The number of nitrogens with two attached hydrogens (primary N) is 2. The van der Waals surface area contributed by atoms with Gasteiger partial charge in [-0.1, -0.05) is 63.1 Å². The van der Waals surface area contributed by atoms with Crippen molar-refractivity contribution in [1.29, 1.82) is 0 Å². The topological polar surface area (TPSA) is 497 Å². The van der Waals surface area contributed by atoms with Crippen LogP contribution in [0.15, 0.2) is 57.2 Å². The lowest BCUT2D eigenvalue weighted by molar-refractivity contribution is -0.157. The number of urea groups is 1. The van der Waals surface area contributed by atoms with Gasteiger partial charge in [0.2, 0.25) is 46.3 Å². The maximum absolute atomic E-state index is 15.6. The highest BCUT2D eigenvalue weighted by molar-refractivity contribution is 8.01. The number of nitrogens with zero attached hydrogens (tertiary/aromatic N) is 2. The first-order valence-corrected chi connectivity index (χ1v) is 41.8.